The van der Waals surface area contributed by atoms with E-state index in [1.54, 1.807) is 0 Å². The van der Waals surface area contributed by atoms with Crippen LogP contribution in [0, 0.1) is 5.92 Å². The second kappa shape index (κ2) is 10.7. The van der Waals surface area contributed by atoms with Crippen LogP contribution in [0.3, 0.4) is 0 Å². The molecule has 2 fully saturated rings. The zero-order valence-corrected chi connectivity index (χ0v) is 15.2. The molecule has 2 heterocycles. The summed E-state index contributed by atoms with van der Waals surface area (Å²) in [6, 6.07) is 0. The van der Waals surface area contributed by atoms with Gasteiger partial charge in [-0.1, -0.05) is 50.5 Å². The van der Waals surface area contributed by atoms with Crippen LogP contribution in [-0.4, -0.2) is 47.2 Å². The molecule has 0 aromatic heterocycles. The van der Waals surface area contributed by atoms with Crippen LogP contribution in [0.2, 0.25) is 0 Å². The van der Waals surface area contributed by atoms with Crippen molar-refractivity contribution < 1.29 is 24.5 Å². The van der Waals surface area contributed by atoms with E-state index in [9.17, 15) is 9.90 Å². The Kier molecular flexibility index (Phi) is 8.65. The molecule has 3 unspecified atom stereocenters. The van der Waals surface area contributed by atoms with Gasteiger partial charge in [0.2, 0.25) is 0 Å². The molecule has 0 radical (unpaired) electrons. The molecule has 5 nitrogen and oxygen atoms in total. The number of carboxylic acids is 1. The average molecular weight is 352 g/mol. The Bertz CT molecular complexity index is 459. The van der Waals surface area contributed by atoms with E-state index in [1.807, 2.05) is 18.2 Å². The Morgan fingerprint density at radius 2 is 2.08 bits per heavy atom. The quantitative estimate of drug-likeness (QED) is 0.338. The lowest BCUT2D eigenvalue weighted by atomic mass is 9.90. The van der Waals surface area contributed by atoms with Crippen LogP contribution in [0.25, 0.3) is 0 Å². The summed E-state index contributed by atoms with van der Waals surface area (Å²) in [6.07, 6.45) is 14.9. The van der Waals surface area contributed by atoms with E-state index in [0.717, 1.165) is 51.6 Å². The molecule has 2 aliphatic heterocycles. The fraction of sp³-hybridized carbons (Fsp3) is 0.750. The van der Waals surface area contributed by atoms with E-state index in [4.69, 9.17) is 14.6 Å². The molecule has 5 heteroatoms. The van der Waals surface area contributed by atoms with E-state index in [0.29, 0.717) is 12.3 Å². The number of rotatable bonds is 11. The van der Waals surface area contributed by atoms with Crippen LogP contribution in [0.5, 0.6) is 0 Å². The minimum absolute atomic E-state index is 0.0585. The van der Waals surface area contributed by atoms with Crippen molar-refractivity contribution in [3.05, 3.63) is 24.3 Å². The van der Waals surface area contributed by atoms with E-state index in [1.165, 1.54) is 0 Å². The van der Waals surface area contributed by atoms with Crippen LogP contribution < -0.4 is 0 Å². The van der Waals surface area contributed by atoms with E-state index < -0.39 is 12.1 Å². The zero-order valence-electron chi connectivity index (χ0n) is 15.2. The van der Waals surface area contributed by atoms with Gasteiger partial charge in [0.15, 0.2) is 6.10 Å². The van der Waals surface area contributed by atoms with Gasteiger partial charge in [-0.15, -0.1) is 0 Å². The zero-order chi connectivity index (χ0) is 18.1. The lowest BCUT2D eigenvalue weighted by Gasteiger charge is -2.29. The van der Waals surface area contributed by atoms with Gasteiger partial charge in [0.05, 0.1) is 18.3 Å². The molecule has 0 spiro atoms. The molecule has 0 bridgehead atoms. The van der Waals surface area contributed by atoms with Crippen molar-refractivity contribution in [1.82, 2.24) is 0 Å². The van der Waals surface area contributed by atoms with E-state index in [-0.39, 0.29) is 18.3 Å². The van der Waals surface area contributed by atoms with Crippen molar-refractivity contribution in [3.63, 3.8) is 0 Å². The van der Waals surface area contributed by atoms with Gasteiger partial charge in [0.1, 0.15) is 0 Å². The third-order valence-corrected chi connectivity index (χ3v) is 4.92. The monoisotopic (exact) mass is 352 g/mol. The first-order valence-electron chi connectivity index (χ1n) is 9.63. The summed E-state index contributed by atoms with van der Waals surface area (Å²) < 4.78 is 11.0. The highest BCUT2D eigenvalue weighted by molar-refractivity contribution is 5.75. The lowest BCUT2D eigenvalue weighted by molar-refractivity contribution is -0.138. The Balaban J connectivity index is 1.71. The summed E-state index contributed by atoms with van der Waals surface area (Å²) in [5.41, 5.74) is 0. The number of hydrogen-bond donors (Lipinski definition) is 2. The number of hydrogen-bond acceptors (Lipinski definition) is 4. The summed E-state index contributed by atoms with van der Waals surface area (Å²) in [7, 11) is 0. The topological polar surface area (TPSA) is 79.3 Å². The second-order valence-electron chi connectivity index (χ2n) is 7.06. The van der Waals surface area contributed by atoms with Gasteiger partial charge >= 0.3 is 5.97 Å². The molecule has 2 N–H and O–H groups in total. The fourth-order valence-electron chi connectivity index (χ4n) is 3.31. The van der Waals surface area contributed by atoms with Crippen LogP contribution in [0.15, 0.2) is 24.3 Å². The molecular formula is C20H32O5. The molecule has 0 aromatic rings. The average Bonchev–Trinajstić information content (AvgIpc) is 3.38. The maximum absolute atomic E-state index is 10.7. The van der Waals surface area contributed by atoms with Crippen molar-refractivity contribution in [3.8, 4) is 0 Å². The number of aliphatic hydroxyl groups is 1. The highest BCUT2D eigenvalue weighted by Crippen LogP contribution is 2.28. The highest BCUT2D eigenvalue weighted by atomic mass is 16.6. The highest BCUT2D eigenvalue weighted by Gasteiger charge is 2.44. The maximum atomic E-state index is 10.7. The van der Waals surface area contributed by atoms with Gasteiger partial charge in [0.25, 0.3) is 0 Å². The predicted octanol–water partition coefficient (Wildman–Crippen LogP) is 3.47. The minimum Gasteiger partial charge on any atom is -0.479 e. The van der Waals surface area contributed by atoms with Gasteiger partial charge in [-0.2, -0.15) is 0 Å². The smallest absolute Gasteiger partial charge is 0.335 e. The number of ether oxygens (including phenoxy) is 2. The molecule has 0 aromatic carbocycles. The molecule has 2 aliphatic rings. The van der Waals surface area contributed by atoms with Crippen LogP contribution in [0.1, 0.15) is 58.3 Å². The minimum atomic E-state index is -0.873. The van der Waals surface area contributed by atoms with Crippen molar-refractivity contribution >= 4 is 5.97 Å². The number of carbonyl (C=O) groups is 1. The molecule has 2 saturated heterocycles. The molecule has 2 rings (SSSR count). The molecule has 25 heavy (non-hydrogen) atoms. The SMILES string of the molecule is CCCCCC(O)C=C[C@H]1OCCC[C@@H]1CC=CCC1OC1C(=O)O. The third kappa shape index (κ3) is 7.30. The number of epoxide rings is 1. The number of aliphatic hydroxyl groups excluding tert-OH is 1. The van der Waals surface area contributed by atoms with Gasteiger partial charge in [-0.25, -0.2) is 4.79 Å². The van der Waals surface area contributed by atoms with Gasteiger partial charge in [0, 0.05) is 6.61 Å². The Morgan fingerprint density at radius 1 is 1.28 bits per heavy atom. The first-order valence-corrected chi connectivity index (χ1v) is 9.63. The number of carboxylic acid groups (broad SMARTS) is 1. The van der Waals surface area contributed by atoms with Crippen LogP contribution >= 0.6 is 0 Å². The molecular weight excluding hydrogens is 320 g/mol. The normalized spacial score (nSPS) is 30.8. The van der Waals surface area contributed by atoms with Gasteiger partial charge < -0.3 is 19.7 Å². The molecule has 5 atom stereocenters. The van der Waals surface area contributed by atoms with Gasteiger partial charge in [-0.3, -0.25) is 0 Å². The summed E-state index contributed by atoms with van der Waals surface area (Å²) in [6.45, 7) is 2.94. The number of unbranched alkanes of at least 4 members (excludes halogenated alkanes) is 2. The first-order chi connectivity index (χ1) is 12.1. The second-order valence-corrected chi connectivity index (χ2v) is 7.06. The third-order valence-electron chi connectivity index (χ3n) is 4.92. The summed E-state index contributed by atoms with van der Waals surface area (Å²) in [5.74, 6) is -0.457. The fourth-order valence-corrected chi connectivity index (χ4v) is 3.31. The van der Waals surface area contributed by atoms with Gasteiger partial charge in [-0.05, 0) is 38.0 Å². The predicted molar refractivity (Wildman–Crippen MR) is 96.4 cm³/mol. The molecule has 0 saturated carbocycles. The molecule has 0 amide bonds. The Hall–Kier alpha value is -1.17. The van der Waals surface area contributed by atoms with E-state index in [2.05, 4.69) is 13.0 Å². The largest absolute Gasteiger partial charge is 0.479 e. The maximum Gasteiger partial charge on any atom is 0.335 e. The Morgan fingerprint density at radius 3 is 2.80 bits per heavy atom. The summed E-state index contributed by atoms with van der Waals surface area (Å²) >= 11 is 0. The van der Waals surface area contributed by atoms with Crippen molar-refractivity contribution in [2.24, 2.45) is 5.92 Å². The number of aliphatic carboxylic acids is 1. The van der Waals surface area contributed by atoms with Crippen molar-refractivity contribution in [2.75, 3.05) is 6.61 Å². The number of allylic oxidation sites excluding steroid dienone is 1. The Labute approximate surface area is 150 Å². The van der Waals surface area contributed by atoms with Crippen molar-refractivity contribution in [2.45, 2.75) is 82.7 Å². The van der Waals surface area contributed by atoms with Crippen LogP contribution in [0.4, 0.5) is 0 Å². The summed E-state index contributed by atoms with van der Waals surface area (Å²) in [4.78, 5) is 10.7. The molecule has 142 valence electrons. The summed E-state index contributed by atoms with van der Waals surface area (Å²) in [5, 5.41) is 18.8. The molecule has 0 aliphatic carbocycles. The van der Waals surface area contributed by atoms with Crippen molar-refractivity contribution in [1.29, 1.82) is 0 Å². The van der Waals surface area contributed by atoms with E-state index >= 15 is 0 Å². The first kappa shape index (κ1) is 20.1. The standard InChI is InChI=1S/C20H32O5/c1-2-3-4-10-16(21)12-13-17-15(9-7-14-24-17)8-5-6-11-18-19(25-18)20(22)23/h5-6,12-13,15-19,21H,2-4,7-11,14H2,1H3,(H,22,23)/t15-,16?,17+,18?,19?/m0/s1. The van der Waals surface area contributed by atoms with Crippen LogP contribution in [-0.2, 0) is 14.3 Å². The lowest BCUT2D eigenvalue weighted by Crippen LogP contribution is -2.27.